The summed E-state index contributed by atoms with van der Waals surface area (Å²) in [6.07, 6.45) is 8.77. The number of hydrogen-bond acceptors (Lipinski definition) is 1. The lowest BCUT2D eigenvalue weighted by molar-refractivity contribution is 0.164. The highest BCUT2D eigenvalue weighted by Crippen LogP contribution is 2.42. The van der Waals surface area contributed by atoms with Crippen LogP contribution >= 0.6 is 0 Å². The summed E-state index contributed by atoms with van der Waals surface area (Å²) in [4.78, 5) is 0. The standard InChI is InChI=1S/C10H17N/c1-2-6-11-10-7-8-4-3-5-9(8)10/h3,5,8-11H,2,4,6-7H2,1H3. The second-order valence-electron chi connectivity index (χ2n) is 3.80. The fourth-order valence-electron chi connectivity index (χ4n) is 2.28. The molecule has 0 aromatic carbocycles. The molecule has 0 aromatic rings. The minimum atomic E-state index is 0.818. The molecule has 0 aromatic heterocycles. The predicted octanol–water partition coefficient (Wildman–Crippen LogP) is 1.95. The van der Waals surface area contributed by atoms with Gasteiger partial charge in [0.2, 0.25) is 0 Å². The molecule has 1 saturated carbocycles. The zero-order valence-corrected chi connectivity index (χ0v) is 7.22. The lowest BCUT2D eigenvalue weighted by Gasteiger charge is -2.40. The average molecular weight is 151 g/mol. The van der Waals surface area contributed by atoms with Crippen LogP contribution in [0.1, 0.15) is 26.2 Å². The first-order chi connectivity index (χ1) is 5.42. The van der Waals surface area contributed by atoms with Crippen LogP contribution in [0.5, 0.6) is 0 Å². The summed E-state index contributed by atoms with van der Waals surface area (Å²) in [5.41, 5.74) is 0. The van der Waals surface area contributed by atoms with Gasteiger partial charge in [0.25, 0.3) is 0 Å². The molecule has 0 aliphatic heterocycles. The highest BCUT2D eigenvalue weighted by atomic mass is 14.9. The molecule has 11 heavy (non-hydrogen) atoms. The minimum absolute atomic E-state index is 0.818. The van der Waals surface area contributed by atoms with E-state index in [0.717, 1.165) is 17.9 Å². The zero-order valence-electron chi connectivity index (χ0n) is 7.22. The highest BCUT2D eigenvalue weighted by Gasteiger charge is 2.40. The van der Waals surface area contributed by atoms with Crippen LogP contribution in [-0.2, 0) is 0 Å². The molecule has 0 spiro atoms. The quantitative estimate of drug-likeness (QED) is 0.608. The molecule has 62 valence electrons. The third-order valence-electron chi connectivity index (χ3n) is 3.02. The van der Waals surface area contributed by atoms with Crippen LogP contribution in [0.2, 0.25) is 0 Å². The zero-order chi connectivity index (χ0) is 7.68. The van der Waals surface area contributed by atoms with E-state index < -0.39 is 0 Å². The second-order valence-corrected chi connectivity index (χ2v) is 3.80. The van der Waals surface area contributed by atoms with Gasteiger partial charge in [-0.25, -0.2) is 0 Å². The van der Waals surface area contributed by atoms with E-state index in [1.165, 1.54) is 25.8 Å². The van der Waals surface area contributed by atoms with Gasteiger partial charge in [-0.05, 0) is 37.6 Å². The van der Waals surface area contributed by atoms with Gasteiger partial charge in [-0.2, -0.15) is 0 Å². The van der Waals surface area contributed by atoms with Crippen LogP contribution in [0.15, 0.2) is 12.2 Å². The van der Waals surface area contributed by atoms with Gasteiger partial charge >= 0.3 is 0 Å². The molecule has 2 aliphatic carbocycles. The van der Waals surface area contributed by atoms with Crippen molar-refractivity contribution in [2.45, 2.75) is 32.2 Å². The van der Waals surface area contributed by atoms with Gasteiger partial charge in [0.15, 0.2) is 0 Å². The molecule has 1 nitrogen and oxygen atoms in total. The normalized spacial score (nSPS) is 40.3. The third kappa shape index (κ3) is 1.22. The van der Waals surface area contributed by atoms with Crippen molar-refractivity contribution in [3.8, 4) is 0 Å². The maximum Gasteiger partial charge on any atom is 0.0136 e. The largest absolute Gasteiger partial charge is 0.313 e. The topological polar surface area (TPSA) is 12.0 Å². The maximum absolute atomic E-state index is 3.59. The van der Waals surface area contributed by atoms with Crippen molar-refractivity contribution in [3.63, 3.8) is 0 Å². The van der Waals surface area contributed by atoms with Crippen molar-refractivity contribution >= 4 is 0 Å². The number of hydrogen-bond donors (Lipinski definition) is 1. The summed E-state index contributed by atoms with van der Waals surface area (Å²) in [5.74, 6) is 1.89. The van der Waals surface area contributed by atoms with Crippen LogP contribution < -0.4 is 5.32 Å². The third-order valence-corrected chi connectivity index (χ3v) is 3.02. The highest BCUT2D eigenvalue weighted by molar-refractivity contribution is 5.12. The Morgan fingerprint density at radius 1 is 1.55 bits per heavy atom. The fraction of sp³-hybridized carbons (Fsp3) is 0.800. The van der Waals surface area contributed by atoms with E-state index in [-0.39, 0.29) is 0 Å². The molecule has 0 heterocycles. The predicted molar refractivity (Wildman–Crippen MR) is 47.4 cm³/mol. The molecule has 0 amide bonds. The number of allylic oxidation sites excluding steroid dienone is 1. The molecule has 0 bridgehead atoms. The summed E-state index contributed by atoms with van der Waals surface area (Å²) >= 11 is 0. The molecule has 1 fully saturated rings. The Kier molecular flexibility index (Phi) is 1.99. The Labute approximate surface area is 68.9 Å². The average Bonchev–Trinajstić information content (AvgIpc) is 2.33. The van der Waals surface area contributed by atoms with E-state index in [0.29, 0.717) is 0 Å². The summed E-state index contributed by atoms with van der Waals surface area (Å²) in [7, 11) is 0. The molecule has 2 rings (SSSR count). The smallest absolute Gasteiger partial charge is 0.0136 e. The summed E-state index contributed by atoms with van der Waals surface area (Å²) in [6, 6.07) is 0.818. The van der Waals surface area contributed by atoms with Crippen molar-refractivity contribution in [2.75, 3.05) is 6.54 Å². The molecule has 2 aliphatic rings. The van der Waals surface area contributed by atoms with Gasteiger partial charge in [-0.3, -0.25) is 0 Å². The number of fused-ring (bicyclic) bond motifs is 1. The van der Waals surface area contributed by atoms with Crippen molar-refractivity contribution in [1.29, 1.82) is 0 Å². The van der Waals surface area contributed by atoms with Crippen LogP contribution in [0.25, 0.3) is 0 Å². The molecule has 1 N–H and O–H groups in total. The van der Waals surface area contributed by atoms with Crippen LogP contribution in [-0.4, -0.2) is 12.6 Å². The van der Waals surface area contributed by atoms with Gasteiger partial charge in [0.05, 0.1) is 0 Å². The lowest BCUT2D eigenvalue weighted by Crippen LogP contribution is -2.48. The van der Waals surface area contributed by atoms with E-state index in [1.54, 1.807) is 0 Å². The van der Waals surface area contributed by atoms with Crippen LogP contribution in [0.3, 0.4) is 0 Å². The number of nitrogens with one attached hydrogen (secondary N) is 1. The van der Waals surface area contributed by atoms with E-state index in [1.807, 2.05) is 0 Å². The van der Waals surface area contributed by atoms with Crippen molar-refractivity contribution in [1.82, 2.24) is 5.32 Å². The molecule has 1 heteroatoms. The first kappa shape index (κ1) is 7.35. The number of rotatable bonds is 3. The van der Waals surface area contributed by atoms with Crippen LogP contribution in [0, 0.1) is 11.8 Å². The Morgan fingerprint density at radius 3 is 3.18 bits per heavy atom. The van der Waals surface area contributed by atoms with Crippen LogP contribution in [0.4, 0.5) is 0 Å². The summed E-state index contributed by atoms with van der Waals surface area (Å²) in [5, 5.41) is 3.59. The summed E-state index contributed by atoms with van der Waals surface area (Å²) < 4.78 is 0. The Balaban J connectivity index is 1.77. The lowest BCUT2D eigenvalue weighted by atomic mass is 9.71. The van der Waals surface area contributed by atoms with Gasteiger partial charge in [-0.15, -0.1) is 0 Å². The molecular formula is C10H17N. The monoisotopic (exact) mass is 151 g/mol. The molecule has 3 atom stereocenters. The molecule has 3 unspecified atom stereocenters. The Bertz CT molecular complexity index is 162. The second kappa shape index (κ2) is 2.98. The molecule has 0 saturated heterocycles. The molecular weight excluding hydrogens is 134 g/mol. The van der Waals surface area contributed by atoms with Crippen molar-refractivity contribution < 1.29 is 0 Å². The van der Waals surface area contributed by atoms with Crippen molar-refractivity contribution in [3.05, 3.63) is 12.2 Å². The van der Waals surface area contributed by atoms with Gasteiger partial charge < -0.3 is 5.32 Å². The first-order valence-corrected chi connectivity index (χ1v) is 4.82. The Hall–Kier alpha value is -0.300. The van der Waals surface area contributed by atoms with Gasteiger partial charge in [0, 0.05) is 6.04 Å². The maximum atomic E-state index is 3.59. The molecule has 0 radical (unpaired) electrons. The first-order valence-electron chi connectivity index (χ1n) is 4.82. The van der Waals surface area contributed by atoms with E-state index in [4.69, 9.17) is 0 Å². The Morgan fingerprint density at radius 2 is 2.45 bits per heavy atom. The van der Waals surface area contributed by atoms with Gasteiger partial charge in [-0.1, -0.05) is 19.1 Å². The van der Waals surface area contributed by atoms with E-state index >= 15 is 0 Å². The van der Waals surface area contributed by atoms with Gasteiger partial charge in [0.1, 0.15) is 0 Å². The minimum Gasteiger partial charge on any atom is -0.313 e. The summed E-state index contributed by atoms with van der Waals surface area (Å²) in [6.45, 7) is 3.43. The van der Waals surface area contributed by atoms with E-state index in [2.05, 4.69) is 24.4 Å². The SMILES string of the molecule is CCCNC1CC2CC=CC21. The fourth-order valence-corrected chi connectivity index (χ4v) is 2.28. The van der Waals surface area contributed by atoms with Crippen molar-refractivity contribution in [2.24, 2.45) is 11.8 Å². The van der Waals surface area contributed by atoms with E-state index in [9.17, 15) is 0 Å².